The molecule has 1 N–H and O–H groups in total. The number of nitrogens with one attached hydrogen (secondary N) is 1. The number of benzene rings is 1. The molecule has 0 aromatic heterocycles. The summed E-state index contributed by atoms with van der Waals surface area (Å²) < 4.78 is 19.9. The van der Waals surface area contributed by atoms with Crippen LogP contribution in [0.15, 0.2) is 16.6 Å². The van der Waals surface area contributed by atoms with E-state index in [4.69, 9.17) is 4.74 Å². The molecule has 4 heteroatoms. The third-order valence-corrected chi connectivity index (χ3v) is 3.43. The Morgan fingerprint density at radius 2 is 2.19 bits per heavy atom. The molecule has 0 bridgehead atoms. The van der Waals surface area contributed by atoms with E-state index in [1.54, 1.807) is 6.07 Å². The van der Waals surface area contributed by atoms with Crippen LogP contribution < -0.4 is 10.1 Å². The highest BCUT2D eigenvalue weighted by Gasteiger charge is 2.34. The smallest absolute Gasteiger partial charge is 0.139 e. The van der Waals surface area contributed by atoms with Crippen molar-refractivity contribution in [2.24, 2.45) is 0 Å². The summed E-state index contributed by atoms with van der Waals surface area (Å²) in [6.45, 7) is 4.96. The van der Waals surface area contributed by atoms with Crippen LogP contribution in [-0.2, 0) is 0 Å². The molecule has 2 atom stereocenters. The van der Waals surface area contributed by atoms with Gasteiger partial charge in [-0.25, -0.2) is 4.39 Å². The first-order valence-electron chi connectivity index (χ1n) is 5.56. The summed E-state index contributed by atoms with van der Waals surface area (Å²) in [6, 6.07) is 3.10. The van der Waals surface area contributed by atoms with Crippen molar-refractivity contribution in [1.82, 2.24) is 5.32 Å². The second kappa shape index (κ2) is 4.72. The molecule has 2 nitrogen and oxygen atoms in total. The van der Waals surface area contributed by atoms with Crippen LogP contribution in [0, 0.1) is 5.82 Å². The van der Waals surface area contributed by atoms with Crippen molar-refractivity contribution in [1.29, 1.82) is 0 Å². The van der Waals surface area contributed by atoms with Gasteiger partial charge in [0.1, 0.15) is 17.7 Å². The SMILES string of the molecule is CCNC1c2cc(F)cc(Br)c2OC1CC. The van der Waals surface area contributed by atoms with Gasteiger partial charge in [-0.2, -0.15) is 0 Å². The van der Waals surface area contributed by atoms with Crippen molar-refractivity contribution < 1.29 is 9.13 Å². The highest BCUT2D eigenvalue weighted by molar-refractivity contribution is 9.10. The van der Waals surface area contributed by atoms with E-state index in [0.29, 0.717) is 4.47 Å². The molecule has 88 valence electrons. The van der Waals surface area contributed by atoms with Gasteiger partial charge >= 0.3 is 0 Å². The molecular formula is C12H15BrFNO. The predicted octanol–water partition coefficient (Wildman–Crippen LogP) is 3.41. The first kappa shape index (κ1) is 11.9. The number of likely N-dealkylation sites (N-methyl/N-ethyl adjacent to an activating group) is 1. The predicted molar refractivity (Wildman–Crippen MR) is 65.2 cm³/mol. The molecule has 0 aliphatic carbocycles. The lowest BCUT2D eigenvalue weighted by atomic mass is 10.0. The Bertz CT molecular complexity index is 397. The maximum atomic E-state index is 13.4. The third kappa shape index (κ3) is 1.96. The lowest BCUT2D eigenvalue weighted by molar-refractivity contribution is 0.185. The molecule has 1 aliphatic heterocycles. The second-order valence-corrected chi connectivity index (χ2v) is 4.76. The molecule has 0 saturated heterocycles. The fraction of sp³-hybridized carbons (Fsp3) is 0.500. The van der Waals surface area contributed by atoms with Gasteiger partial charge in [-0.05, 0) is 41.0 Å². The third-order valence-electron chi connectivity index (χ3n) is 2.84. The zero-order valence-electron chi connectivity index (χ0n) is 9.39. The molecule has 2 unspecified atom stereocenters. The van der Waals surface area contributed by atoms with Crippen molar-refractivity contribution >= 4 is 15.9 Å². The Hall–Kier alpha value is -0.610. The minimum Gasteiger partial charge on any atom is -0.487 e. The Morgan fingerprint density at radius 3 is 2.81 bits per heavy atom. The zero-order valence-corrected chi connectivity index (χ0v) is 11.0. The van der Waals surface area contributed by atoms with Crippen molar-refractivity contribution in [3.05, 3.63) is 28.0 Å². The highest BCUT2D eigenvalue weighted by Crippen LogP contribution is 2.43. The van der Waals surface area contributed by atoms with Crippen LogP contribution in [0.5, 0.6) is 5.75 Å². The Morgan fingerprint density at radius 1 is 1.44 bits per heavy atom. The topological polar surface area (TPSA) is 21.3 Å². The summed E-state index contributed by atoms with van der Waals surface area (Å²) >= 11 is 3.34. The van der Waals surface area contributed by atoms with Crippen molar-refractivity contribution in [3.63, 3.8) is 0 Å². The van der Waals surface area contributed by atoms with Gasteiger partial charge in [-0.1, -0.05) is 13.8 Å². The summed E-state index contributed by atoms with van der Waals surface area (Å²) in [6.07, 6.45) is 0.994. The van der Waals surface area contributed by atoms with Gasteiger partial charge in [0.05, 0.1) is 10.5 Å². The minimum absolute atomic E-state index is 0.0908. The molecule has 1 aliphatic rings. The van der Waals surface area contributed by atoms with E-state index < -0.39 is 0 Å². The van der Waals surface area contributed by atoms with Crippen LogP contribution in [0.4, 0.5) is 4.39 Å². The average molecular weight is 288 g/mol. The van der Waals surface area contributed by atoms with E-state index in [1.807, 2.05) is 6.92 Å². The second-order valence-electron chi connectivity index (χ2n) is 3.91. The molecular weight excluding hydrogens is 273 g/mol. The van der Waals surface area contributed by atoms with E-state index in [-0.39, 0.29) is 18.0 Å². The summed E-state index contributed by atoms with van der Waals surface area (Å²) in [5, 5.41) is 3.34. The standard InChI is InChI=1S/C12H15BrFNO/c1-3-10-11(15-4-2)8-5-7(14)6-9(13)12(8)16-10/h5-6,10-11,15H,3-4H2,1-2H3. The van der Waals surface area contributed by atoms with Crippen LogP contribution in [0.2, 0.25) is 0 Å². The lowest BCUT2D eigenvalue weighted by Gasteiger charge is -2.17. The van der Waals surface area contributed by atoms with Gasteiger partial charge in [0.15, 0.2) is 0 Å². The van der Waals surface area contributed by atoms with E-state index in [1.165, 1.54) is 6.07 Å². The minimum atomic E-state index is -0.228. The quantitative estimate of drug-likeness (QED) is 0.920. The van der Waals surface area contributed by atoms with Crippen LogP contribution in [0.3, 0.4) is 0 Å². The largest absolute Gasteiger partial charge is 0.487 e. The summed E-state index contributed by atoms with van der Waals surface area (Å²) in [5.74, 6) is 0.549. The van der Waals surface area contributed by atoms with E-state index in [9.17, 15) is 4.39 Å². The molecule has 0 saturated carbocycles. The van der Waals surface area contributed by atoms with Crippen molar-refractivity contribution in [2.45, 2.75) is 32.4 Å². The van der Waals surface area contributed by atoms with Gasteiger partial charge in [-0.15, -0.1) is 0 Å². The normalized spacial score (nSPS) is 23.0. The average Bonchev–Trinajstić information content (AvgIpc) is 2.58. The lowest BCUT2D eigenvalue weighted by Crippen LogP contribution is -2.30. The molecule has 0 spiro atoms. The Kier molecular flexibility index (Phi) is 3.50. The van der Waals surface area contributed by atoms with Gasteiger partial charge in [-0.3, -0.25) is 0 Å². The molecule has 1 aromatic carbocycles. The maximum absolute atomic E-state index is 13.4. The molecule has 0 radical (unpaired) electrons. The van der Waals surface area contributed by atoms with E-state index in [2.05, 4.69) is 28.2 Å². The Balaban J connectivity index is 2.41. The summed E-state index contributed by atoms with van der Waals surface area (Å²) in [4.78, 5) is 0. The number of hydrogen-bond donors (Lipinski definition) is 1. The monoisotopic (exact) mass is 287 g/mol. The molecule has 16 heavy (non-hydrogen) atoms. The first-order valence-corrected chi connectivity index (χ1v) is 6.35. The molecule has 1 aromatic rings. The van der Waals surface area contributed by atoms with Crippen LogP contribution in [-0.4, -0.2) is 12.6 Å². The number of halogens is 2. The van der Waals surface area contributed by atoms with Crippen LogP contribution in [0.25, 0.3) is 0 Å². The van der Waals surface area contributed by atoms with Gasteiger partial charge < -0.3 is 10.1 Å². The fourth-order valence-electron chi connectivity index (χ4n) is 2.14. The van der Waals surface area contributed by atoms with Crippen LogP contribution in [0.1, 0.15) is 31.9 Å². The van der Waals surface area contributed by atoms with Crippen molar-refractivity contribution in [3.8, 4) is 5.75 Å². The molecule has 1 heterocycles. The summed E-state index contributed by atoms with van der Waals surface area (Å²) in [5.41, 5.74) is 0.917. The zero-order chi connectivity index (χ0) is 11.7. The van der Waals surface area contributed by atoms with Gasteiger partial charge in [0, 0.05) is 5.56 Å². The number of ether oxygens (including phenoxy) is 1. The van der Waals surface area contributed by atoms with Crippen LogP contribution >= 0.6 is 15.9 Å². The highest BCUT2D eigenvalue weighted by atomic mass is 79.9. The summed E-state index contributed by atoms with van der Waals surface area (Å²) in [7, 11) is 0. The Labute approximate surface area is 103 Å². The maximum Gasteiger partial charge on any atom is 0.139 e. The number of rotatable bonds is 3. The van der Waals surface area contributed by atoms with Crippen molar-refractivity contribution in [2.75, 3.05) is 6.54 Å². The van der Waals surface area contributed by atoms with Gasteiger partial charge in [0.25, 0.3) is 0 Å². The first-order chi connectivity index (χ1) is 7.67. The molecule has 0 amide bonds. The number of hydrogen-bond acceptors (Lipinski definition) is 2. The fourth-order valence-corrected chi connectivity index (χ4v) is 2.68. The number of fused-ring (bicyclic) bond motifs is 1. The van der Waals surface area contributed by atoms with E-state index >= 15 is 0 Å². The van der Waals surface area contributed by atoms with Gasteiger partial charge in [0.2, 0.25) is 0 Å². The molecule has 0 fully saturated rings. The van der Waals surface area contributed by atoms with E-state index in [0.717, 1.165) is 24.3 Å². The molecule has 2 rings (SSSR count).